The molecule has 0 bridgehead atoms. The lowest BCUT2D eigenvalue weighted by molar-refractivity contribution is -0.923. The summed E-state index contributed by atoms with van der Waals surface area (Å²) in [5.41, 5.74) is 3.22. The van der Waals surface area contributed by atoms with E-state index < -0.39 is 0 Å². The Kier molecular flexibility index (Phi) is 4.89. The Morgan fingerprint density at radius 1 is 1.12 bits per heavy atom. The number of aromatic nitrogens is 1. The minimum atomic E-state index is 0.116. The van der Waals surface area contributed by atoms with Gasteiger partial charge in [-0.15, -0.1) is 11.3 Å². The molecule has 2 heterocycles. The first-order chi connectivity index (χ1) is 12.6. The normalized spacial score (nSPS) is 15.5. The molecule has 1 aliphatic heterocycles. The molecule has 3 aromatic rings. The highest BCUT2D eigenvalue weighted by Crippen LogP contribution is 2.22. The van der Waals surface area contributed by atoms with Gasteiger partial charge in [0.1, 0.15) is 0 Å². The Labute approximate surface area is 162 Å². The molecule has 0 amide bonds. The van der Waals surface area contributed by atoms with Gasteiger partial charge in [-0.3, -0.25) is 9.36 Å². The van der Waals surface area contributed by atoms with Crippen LogP contribution < -0.4 is 9.80 Å². The summed E-state index contributed by atoms with van der Waals surface area (Å²) >= 11 is 7.28. The predicted molar refractivity (Wildman–Crippen MR) is 110 cm³/mol. The summed E-state index contributed by atoms with van der Waals surface area (Å²) in [4.78, 5) is 15.4. The van der Waals surface area contributed by atoms with Crippen LogP contribution in [0.4, 0.5) is 5.69 Å². The summed E-state index contributed by atoms with van der Waals surface area (Å²) in [6.07, 6.45) is 0. The fourth-order valence-electron chi connectivity index (χ4n) is 3.53. The van der Waals surface area contributed by atoms with Crippen molar-refractivity contribution in [3.8, 4) is 0 Å². The number of anilines is 1. The zero-order chi connectivity index (χ0) is 18.1. The van der Waals surface area contributed by atoms with E-state index in [0.29, 0.717) is 0 Å². The Morgan fingerprint density at radius 3 is 2.50 bits per heavy atom. The molecular formula is C20H22N3OS2+. The number of fused-ring (bicyclic) bond motifs is 1. The lowest BCUT2D eigenvalue weighted by Crippen LogP contribution is -3.14. The van der Waals surface area contributed by atoms with Crippen molar-refractivity contribution in [2.45, 2.75) is 13.6 Å². The first-order valence-electron chi connectivity index (χ1n) is 8.90. The number of nitrogens with zero attached hydrogens (tertiary/aromatic N) is 2. The largest absolute Gasteiger partial charge is 0.360 e. The second-order valence-corrected chi connectivity index (χ2v) is 8.44. The van der Waals surface area contributed by atoms with E-state index >= 15 is 0 Å². The second kappa shape index (κ2) is 7.31. The molecule has 1 aromatic heterocycles. The molecule has 0 radical (unpaired) electrons. The molecule has 1 fully saturated rings. The first-order valence-corrected chi connectivity index (χ1v) is 10.1. The molecule has 0 unspecified atom stereocenters. The van der Waals surface area contributed by atoms with Gasteiger partial charge < -0.3 is 9.80 Å². The number of hydrogen-bond acceptors (Lipinski definition) is 4. The van der Waals surface area contributed by atoms with Gasteiger partial charge in [0.2, 0.25) is 0 Å². The molecular weight excluding hydrogens is 362 g/mol. The lowest BCUT2D eigenvalue weighted by atomic mass is 10.1. The number of nitrogens with one attached hydrogen (secondary N) is 1. The van der Waals surface area contributed by atoms with Crippen molar-refractivity contribution in [1.82, 2.24) is 4.57 Å². The van der Waals surface area contributed by atoms with E-state index in [1.54, 1.807) is 23.2 Å². The highest BCUT2D eigenvalue weighted by molar-refractivity contribution is 7.73. The summed E-state index contributed by atoms with van der Waals surface area (Å²) < 4.78 is 4.50. The van der Waals surface area contributed by atoms with Crippen molar-refractivity contribution >= 4 is 45.2 Å². The van der Waals surface area contributed by atoms with Crippen molar-refractivity contribution < 1.29 is 9.69 Å². The van der Waals surface area contributed by atoms with Crippen LogP contribution in [0, 0.1) is 3.95 Å². The van der Waals surface area contributed by atoms with Gasteiger partial charge >= 0.3 is 0 Å². The predicted octanol–water partition coefficient (Wildman–Crippen LogP) is 3.00. The van der Waals surface area contributed by atoms with Crippen LogP contribution in [-0.4, -0.2) is 36.5 Å². The molecule has 2 aromatic carbocycles. The van der Waals surface area contributed by atoms with Crippen molar-refractivity contribution in [3.63, 3.8) is 0 Å². The first kappa shape index (κ1) is 17.4. The van der Waals surface area contributed by atoms with Gasteiger partial charge in [-0.05, 0) is 55.5 Å². The van der Waals surface area contributed by atoms with Crippen LogP contribution in [0.3, 0.4) is 0 Å². The topological polar surface area (TPSA) is 29.7 Å². The van der Waals surface area contributed by atoms with Crippen LogP contribution in [0.15, 0.2) is 48.5 Å². The second-order valence-electron chi connectivity index (χ2n) is 6.76. The molecule has 1 N–H and O–H groups in total. The summed E-state index contributed by atoms with van der Waals surface area (Å²) in [7, 11) is 0. The van der Waals surface area contributed by atoms with Crippen LogP contribution in [0.1, 0.15) is 17.3 Å². The molecule has 0 saturated carbocycles. The van der Waals surface area contributed by atoms with E-state index in [9.17, 15) is 4.79 Å². The fraction of sp³-hybridized carbons (Fsp3) is 0.300. The van der Waals surface area contributed by atoms with E-state index in [2.05, 4.69) is 45.9 Å². The molecule has 4 nitrogen and oxygen atoms in total. The molecule has 1 saturated heterocycles. The maximum absolute atomic E-state index is 11.4. The number of thiazole rings is 1. The maximum atomic E-state index is 11.4. The molecule has 6 heteroatoms. The van der Waals surface area contributed by atoms with Gasteiger partial charge in [-0.25, -0.2) is 0 Å². The highest BCUT2D eigenvalue weighted by Gasteiger charge is 2.21. The Bertz CT molecular complexity index is 982. The van der Waals surface area contributed by atoms with Gasteiger partial charge in [0.05, 0.1) is 36.4 Å². The van der Waals surface area contributed by atoms with Crippen molar-refractivity contribution in [2.75, 3.05) is 31.1 Å². The maximum Gasteiger partial charge on any atom is 0.166 e. The smallest absolute Gasteiger partial charge is 0.166 e. The van der Waals surface area contributed by atoms with Crippen molar-refractivity contribution in [2.24, 2.45) is 0 Å². The number of rotatable bonds is 4. The van der Waals surface area contributed by atoms with E-state index in [0.717, 1.165) is 42.4 Å². The number of benzene rings is 2. The van der Waals surface area contributed by atoms with Crippen molar-refractivity contribution in [3.05, 3.63) is 58.0 Å². The number of Topliss-reactive ketones (excluding diaryl/α,β-unsaturated/α-hetero) is 1. The van der Waals surface area contributed by atoms with Crippen molar-refractivity contribution in [1.29, 1.82) is 0 Å². The van der Waals surface area contributed by atoms with Gasteiger partial charge in [0.25, 0.3) is 0 Å². The monoisotopic (exact) mass is 384 g/mol. The summed E-state index contributed by atoms with van der Waals surface area (Å²) in [5.74, 6) is 0.116. The van der Waals surface area contributed by atoms with E-state index in [1.165, 1.54) is 15.9 Å². The van der Waals surface area contributed by atoms with Crippen LogP contribution in [0.2, 0.25) is 0 Å². The molecule has 0 aliphatic carbocycles. The third-order valence-electron chi connectivity index (χ3n) is 5.06. The van der Waals surface area contributed by atoms with Gasteiger partial charge in [0, 0.05) is 11.3 Å². The summed E-state index contributed by atoms with van der Waals surface area (Å²) in [6.45, 7) is 6.74. The molecule has 0 atom stereocenters. The number of para-hydroxylation sites is 1. The molecule has 0 spiro atoms. The van der Waals surface area contributed by atoms with Gasteiger partial charge in [0.15, 0.2) is 16.4 Å². The third kappa shape index (κ3) is 3.45. The average Bonchev–Trinajstić information content (AvgIpc) is 2.98. The molecule has 26 heavy (non-hydrogen) atoms. The quantitative estimate of drug-likeness (QED) is 0.554. The zero-order valence-corrected chi connectivity index (χ0v) is 16.4. The number of carbonyl (C=O) groups is 1. The van der Waals surface area contributed by atoms with E-state index in [-0.39, 0.29) is 5.78 Å². The lowest BCUT2D eigenvalue weighted by Gasteiger charge is -2.33. The van der Waals surface area contributed by atoms with E-state index in [4.69, 9.17) is 12.2 Å². The third-order valence-corrected chi connectivity index (χ3v) is 6.50. The van der Waals surface area contributed by atoms with Crippen LogP contribution >= 0.6 is 23.6 Å². The number of carbonyl (C=O) groups excluding carboxylic acids is 1. The van der Waals surface area contributed by atoms with Crippen LogP contribution in [-0.2, 0) is 6.67 Å². The molecule has 1 aliphatic rings. The van der Waals surface area contributed by atoms with Gasteiger partial charge in [-0.1, -0.05) is 12.1 Å². The standard InChI is InChI=1S/C20H21N3OS2/c1-15(24)16-6-8-17(9-7-16)22-12-10-21(11-13-22)14-23-18-4-2-3-5-19(18)26-20(23)25/h2-9H,10-14H2,1H3/p+1. The number of hydrogen-bond donors (Lipinski definition) is 1. The minimum absolute atomic E-state index is 0.116. The average molecular weight is 385 g/mol. The fourth-order valence-corrected chi connectivity index (χ4v) is 4.86. The number of piperazine rings is 1. The zero-order valence-electron chi connectivity index (χ0n) is 14.8. The van der Waals surface area contributed by atoms with Crippen LogP contribution in [0.25, 0.3) is 10.2 Å². The van der Waals surface area contributed by atoms with E-state index in [1.807, 2.05) is 12.1 Å². The highest BCUT2D eigenvalue weighted by atomic mass is 32.1. The number of quaternary nitrogens is 1. The van der Waals surface area contributed by atoms with Gasteiger partial charge in [-0.2, -0.15) is 0 Å². The summed E-state index contributed by atoms with van der Waals surface area (Å²) in [6, 6.07) is 16.4. The molecule has 4 rings (SSSR count). The summed E-state index contributed by atoms with van der Waals surface area (Å²) in [5, 5.41) is 0. The Morgan fingerprint density at radius 2 is 1.81 bits per heavy atom. The Balaban J connectivity index is 1.42. The molecule has 134 valence electrons. The number of ketones is 1. The SMILES string of the molecule is CC(=O)c1ccc(N2CC[NH+](Cn3c(=S)sc4ccccc43)CC2)cc1. The Hall–Kier alpha value is -2.02. The minimum Gasteiger partial charge on any atom is -0.360 e. The van der Waals surface area contributed by atoms with Crippen LogP contribution in [0.5, 0.6) is 0 Å².